The molecule has 0 unspecified atom stereocenters. The van der Waals surface area contributed by atoms with Gasteiger partial charge in [-0.2, -0.15) is 5.26 Å². The van der Waals surface area contributed by atoms with E-state index in [-0.39, 0.29) is 5.75 Å². The van der Waals surface area contributed by atoms with Crippen LogP contribution in [0.25, 0.3) is 0 Å². The molecule has 0 saturated carbocycles. The zero-order chi connectivity index (χ0) is 12.1. The van der Waals surface area contributed by atoms with Crippen LogP contribution in [0.5, 0.6) is 11.5 Å². The number of hydrogen-bond donors (Lipinski definition) is 1. The summed E-state index contributed by atoms with van der Waals surface area (Å²) in [5, 5.41) is 18.3. The normalized spacial score (nSPS) is 9.59. The van der Waals surface area contributed by atoms with E-state index in [1.54, 1.807) is 6.07 Å². The van der Waals surface area contributed by atoms with Gasteiger partial charge in [-0.15, -0.1) is 0 Å². The Labute approximate surface area is 99.5 Å². The highest BCUT2D eigenvalue weighted by Gasteiger charge is 2.04. The van der Waals surface area contributed by atoms with Gasteiger partial charge in [0.1, 0.15) is 6.61 Å². The third-order valence-electron chi connectivity index (χ3n) is 2.33. The van der Waals surface area contributed by atoms with Crippen molar-refractivity contribution in [2.45, 2.75) is 6.61 Å². The van der Waals surface area contributed by atoms with E-state index in [2.05, 4.69) is 0 Å². The number of aromatic hydroxyl groups is 1. The van der Waals surface area contributed by atoms with E-state index < -0.39 is 0 Å². The van der Waals surface area contributed by atoms with Gasteiger partial charge in [0.25, 0.3) is 0 Å². The average Bonchev–Trinajstić information content (AvgIpc) is 2.39. The summed E-state index contributed by atoms with van der Waals surface area (Å²) in [7, 11) is 0. The quantitative estimate of drug-likeness (QED) is 0.873. The molecule has 2 aromatic carbocycles. The number of nitriles is 1. The molecular weight excluding hydrogens is 214 g/mol. The number of ether oxygens (including phenoxy) is 1. The Morgan fingerprint density at radius 3 is 2.59 bits per heavy atom. The van der Waals surface area contributed by atoms with Gasteiger partial charge < -0.3 is 9.84 Å². The molecule has 2 rings (SSSR count). The first-order chi connectivity index (χ1) is 8.29. The van der Waals surface area contributed by atoms with Crippen molar-refractivity contribution >= 4 is 0 Å². The number of rotatable bonds is 3. The molecule has 1 N–H and O–H groups in total. The molecule has 84 valence electrons. The molecule has 0 heterocycles. The Morgan fingerprint density at radius 1 is 1.12 bits per heavy atom. The van der Waals surface area contributed by atoms with E-state index in [0.717, 1.165) is 5.56 Å². The molecule has 0 saturated heterocycles. The van der Waals surface area contributed by atoms with Crippen molar-refractivity contribution < 1.29 is 9.84 Å². The van der Waals surface area contributed by atoms with Crippen LogP contribution in [0, 0.1) is 11.3 Å². The molecule has 0 aliphatic heterocycles. The van der Waals surface area contributed by atoms with E-state index in [4.69, 9.17) is 10.00 Å². The molecule has 0 aliphatic carbocycles. The standard InChI is InChI=1S/C14H11NO2/c15-9-12-6-7-13(16)14(8-12)17-10-11-4-2-1-3-5-11/h1-8,16H,10H2. The Bertz CT molecular complexity index is 544. The van der Waals surface area contributed by atoms with Crippen LogP contribution in [0.2, 0.25) is 0 Å². The average molecular weight is 225 g/mol. The molecule has 0 amide bonds. The first-order valence-electron chi connectivity index (χ1n) is 5.19. The van der Waals surface area contributed by atoms with Gasteiger partial charge in [-0.25, -0.2) is 0 Å². The molecule has 17 heavy (non-hydrogen) atoms. The monoisotopic (exact) mass is 225 g/mol. The summed E-state index contributed by atoms with van der Waals surface area (Å²) in [6.07, 6.45) is 0. The Balaban J connectivity index is 2.12. The minimum Gasteiger partial charge on any atom is -0.504 e. The maximum Gasteiger partial charge on any atom is 0.162 e. The minimum absolute atomic E-state index is 0.0416. The van der Waals surface area contributed by atoms with Crippen LogP contribution >= 0.6 is 0 Å². The molecule has 3 heteroatoms. The maximum absolute atomic E-state index is 9.57. The van der Waals surface area contributed by atoms with Crippen molar-refractivity contribution in [1.29, 1.82) is 5.26 Å². The van der Waals surface area contributed by atoms with Gasteiger partial charge in [0.2, 0.25) is 0 Å². The number of phenolic OH excluding ortho intramolecular Hbond substituents is 1. The summed E-state index contributed by atoms with van der Waals surface area (Å²) >= 11 is 0. The van der Waals surface area contributed by atoms with Crippen molar-refractivity contribution in [3.05, 3.63) is 59.7 Å². The fraction of sp³-hybridized carbons (Fsp3) is 0.0714. The molecule has 0 aromatic heterocycles. The second-order valence-electron chi connectivity index (χ2n) is 3.57. The van der Waals surface area contributed by atoms with Gasteiger partial charge in [0.15, 0.2) is 11.5 Å². The topological polar surface area (TPSA) is 53.2 Å². The third kappa shape index (κ3) is 2.76. The molecule has 2 aromatic rings. The van der Waals surface area contributed by atoms with Crippen LogP contribution in [0.15, 0.2) is 48.5 Å². The molecule has 0 bridgehead atoms. The van der Waals surface area contributed by atoms with Crippen LogP contribution < -0.4 is 4.74 Å². The lowest BCUT2D eigenvalue weighted by Crippen LogP contribution is -1.95. The van der Waals surface area contributed by atoms with E-state index in [9.17, 15) is 5.11 Å². The van der Waals surface area contributed by atoms with Gasteiger partial charge in [-0.05, 0) is 17.7 Å². The van der Waals surface area contributed by atoms with E-state index in [0.29, 0.717) is 17.9 Å². The minimum atomic E-state index is 0.0416. The molecule has 3 nitrogen and oxygen atoms in total. The first kappa shape index (κ1) is 11.0. The number of nitrogens with zero attached hydrogens (tertiary/aromatic N) is 1. The van der Waals surface area contributed by atoms with E-state index >= 15 is 0 Å². The number of hydrogen-bond acceptors (Lipinski definition) is 3. The summed E-state index contributed by atoms with van der Waals surface area (Å²) in [5.41, 5.74) is 1.47. The van der Waals surface area contributed by atoms with Crippen LogP contribution in [0.4, 0.5) is 0 Å². The molecule has 0 radical (unpaired) electrons. The van der Waals surface area contributed by atoms with Crippen LogP contribution in [0.3, 0.4) is 0 Å². The number of phenols is 1. The maximum atomic E-state index is 9.57. The van der Waals surface area contributed by atoms with Gasteiger partial charge in [-0.3, -0.25) is 0 Å². The second kappa shape index (κ2) is 5.04. The lowest BCUT2D eigenvalue weighted by molar-refractivity contribution is 0.289. The lowest BCUT2D eigenvalue weighted by atomic mass is 10.2. The summed E-state index contributed by atoms with van der Waals surface area (Å²) in [5.74, 6) is 0.368. The highest BCUT2D eigenvalue weighted by atomic mass is 16.5. The lowest BCUT2D eigenvalue weighted by Gasteiger charge is -2.08. The van der Waals surface area contributed by atoms with Crippen molar-refractivity contribution in [2.75, 3.05) is 0 Å². The van der Waals surface area contributed by atoms with E-state index in [1.807, 2.05) is 36.4 Å². The van der Waals surface area contributed by atoms with Crippen molar-refractivity contribution in [2.24, 2.45) is 0 Å². The van der Waals surface area contributed by atoms with Crippen LogP contribution in [-0.4, -0.2) is 5.11 Å². The zero-order valence-electron chi connectivity index (χ0n) is 9.13. The molecule has 0 fully saturated rings. The Morgan fingerprint density at radius 2 is 1.88 bits per heavy atom. The summed E-state index contributed by atoms with van der Waals surface area (Å²) < 4.78 is 5.46. The van der Waals surface area contributed by atoms with Gasteiger partial charge in [0, 0.05) is 6.07 Å². The Hall–Kier alpha value is -2.47. The van der Waals surface area contributed by atoms with Crippen molar-refractivity contribution in [3.63, 3.8) is 0 Å². The zero-order valence-corrected chi connectivity index (χ0v) is 9.13. The SMILES string of the molecule is N#Cc1ccc(O)c(OCc2ccccc2)c1. The van der Waals surface area contributed by atoms with Gasteiger partial charge in [-0.1, -0.05) is 30.3 Å². The highest BCUT2D eigenvalue weighted by molar-refractivity contribution is 5.45. The van der Waals surface area contributed by atoms with Gasteiger partial charge in [0.05, 0.1) is 11.6 Å². The van der Waals surface area contributed by atoms with Crippen LogP contribution in [-0.2, 0) is 6.61 Å². The van der Waals surface area contributed by atoms with Gasteiger partial charge >= 0.3 is 0 Å². The van der Waals surface area contributed by atoms with Crippen LogP contribution in [0.1, 0.15) is 11.1 Å². The third-order valence-corrected chi connectivity index (χ3v) is 2.33. The predicted molar refractivity (Wildman–Crippen MR) is 63.6 cm³/mol. The largest absolute Gasteiger partial charge is 0.504 e. The smallest absolute Gasteiger partial charge is 0.162 e. The predicted octanol–water partition coefficient (Wildman–Crippen LogP) is 2.84. The summed E-state index contributed by atoms with van der Waals surface area (Å²) in [4.78, 5) is 0. The molecule has 0 spiro atoms. The summed E-state index contributed by atoms with van der Waals surface area (Å²) in [6, 6.07) is 16.2. The van der Waals surface area contributed by atoms with Crippen molar-refractivity contribution in [1.82, 2.24) is 0 Å². The fourth-order valence-electron chi connectivity index (χ4n) is 1.43. The van der Waals surface area contributed by atoms with Crippen molar-refractivity contribution in [3.8, 4) is 17.6 Å². The molecular formula is C14H11NO2. The highest BCUT2D eigenvalue weighted by Crippen LogP contribution is 2.27. The molecule has 0 atom stereocenters. The Kier molecular flexibility index (Phi) is 3.27. The second-order valence-corrected chi connectivity index (χ2v) is 3.57. The fourth-order valence-corrected chi connectivity index (χ4v) is 1.43. The first-order valence-corrected chi connectivity index (χ1v) is 5.19. The van der Waals surface area contributed by atoms with E-state index in [1.165, 1.54) is 12.1 Å². The number of benzene rings is 2. The molecule has 0 aliphatic rings. The summed E-state index contributed by atoms with van der Waals surface area (Å²) in [6.45, 7) is 0.364.